The van der Waals surface area contributed by atoms with Crippen molar-refractivity contribution in [1.82, 2.24) is 9.13 Å². The monoisotopic (exact) mass is 249 g/mol. The highest BCUT2D eigenvalue weighted by Crippen LogP contribution is 2.10. The van der Waals surface area contributed by atoms with Gasteiger partial charge < -0.3 is 10.3 Å². The van der Waals surface area contributed by atoms with Crippen LogP contribution in [-0.4, -0.2) is 9.13 Å². The molecule has 0 fully saturated rings. The summed E-state index contributed by atoms with van der Waals surface area (Å²) < 4.78 is 15.5. The third kappa shape index (κ3) is 2.32. The van der Waals surface area contributed by atoms with Crippen LogP contribution in [0, 0.1) is 5.82 Å². The first-order chi connectivity index (χ1) is 8.47. The van der Waals surface area contributed by atoms with E-state index in [1.54, 1.807) is 0 Å². The molecule has 0 unspecified atom stereocenters. The molecule has 0 saturated carbocycles. The van der Waals surface area contributed by atoms with Crippen LogP contribution in [0.1, 0.15) is 5.56 Å². The molecule has 2 aromatic rings. The zero-order chi connectivity index (χ0) is 13.3. The predicted octanol–water partition coefficient (Wildman–Crippen LogP) is 0.317. The molecule has 0 bridgehead atoms. The van der Waals surface area contributed by atoms with Crippen LogP contribution in [-0.2, 0) is 13.6 Å². The van der Waals surface area contributed by atoms with E-state index in [0.29, 0.717) is 5.56 Å². The molecule has 2 N–H and O–H groups in total. The van der Waals surface area contributed by atoms with Crippen LogP contribution in [0.15, 0.2) is 40.1 Å². The number of halogens is 1. The fourth-order valence-electron chi connectivity index (χ4n) is 1.71. The van der Waals surface area contributed by atoms with Gasteiger partial charge in [-0.2, -0.15) is 0 Å². The predicted molar refractivity (Wildman–Crippen MR) is 65.9 cm³/mol. The zero-order valence-electron chi connectivity index (χ0n) is 9.76. The molecule has 1 aromatic carbocycles. The SMILES string of the molecule is Cn1ccc(=O)n(Cc2cc(N)cc(F)c2)c1=O. The maximum absolute atomic E-state index is 13.2. The van der Waals surface area contributed by atoms with Gasteiger partial charge in [-0.3, -0.25) is 9.36 Å². The van der Waals surface area contributed by atoms with Crippen LogP contribution in [0.5, 0.6) is 0 Å². The van der Waals surface area contributed by atoms with E-state index in [1.807, 2.05) is 0 Å². The molecule has 0 saturated heterocycles. The lowest BCUT2D eigenvalue weighted by atomic mass is 10.2. The molecule has 0 aliphatic rings. The van der Waals surface area contributed by atoms with Crippen molar-refractivity contribution in [3.05, 3.63) is 62.7 Å². The molecule has 2 rings (SSSR count). The van der Waals surface area contributed by atoms with Gasteiger partial charge in [-0.15, -0.1) is 0 Å². The van der Waals surface area contributed by atoms with Gasteiger partial charge in [0.1, 0.15) is 5.82 Å². The Morgan fingerprint density at radius 2 is 2.00 bits per heavy atom. The maximum atomic E-state index is 13.2. The largest absolute Gasteiger partial charge is 0.399 e. The minimum atomic E-state index is -0.495. The van der Waals surface area contributed by atoms with Gasteiger partial charge in [0.2, 0.25) is 0 Å². The van der Waals surface area contributed by atoms with Gasteiger partial charge in [0.25, 0.3) is 5.56 Å². The van der Waals surface area contributed by atoms with Gasteiger partial charge in [-0.05, 0) is 23.8 Å². The maximum Gasteiger partial charge on any atom is 0.331 e. The minimum absolute atomic E-state index is 0.00565. The van der Waals surface area contributed by atoms with Crippen LogP contribution >= 0.6 is 0 Å². The smallest absolute Gasteiger partial charge is 0.331 e. The highest BCUT2D eigenvalue weighted by atomic mass is 19.1. The summed E-state index contributed by atoms with van der Waals surface area (Å²) in [6, 6.07) is 5.23. The van der Waals surface area contributed by atoms with Crippen LogP contribution < -0.4 is 17.0 Å². The third-order valence-electron chi connectivity index (χ3n) is 2.56. The summed E-state index contributed by atoms with van der Waals surface area (Å²) in [5.74, 6) is -0.495. The summed E-state index contributed by atoms with van der Waals surface area (Å²) in [6.07, 6.45) is 1.39. The van der Waals surface area contributed by atoms with E-state index in [2.05, 4.69) is 0 Å². The molecule has 1 aromatic heterocycles. The summed E-state index contributed by atoms with van der Waals surface area (Å²) >= 11 is 0. The van der Waals surface area contributed by atoms with Crippen LogP contribution in [0.4, 0.5) is 10.1 Å². The second kappa shape index (κ2) is 4.48. The van der Waals surface area contributed by atoms with Crippen molar-refractivity contribution >= 4 is 5.69 Å². The Labute approximate surface area is 102 Å². The molecule has 0 aliphatic heterocycles. The summed E-state index contributed by atoms with van der Waals surface area (Å²) in [4.78, 5) is 23.4. The standard InChI is InChI=1S/C12H12FN3O2/c1-15-3-2-11(17)16(12(15)18)7-8-4-9(13)6-10(14)5-8/h2-6H,7,14H2,1H3. The van der Waals surface area contributed by atoms with E-state index < -0.39 is 17.1 Å². The first-order valence-corrected chi connectivity index (χ1v) is 5.29. The van der Waals surface area contributed by atoms with Crippen LogP contribution in [0.2, 0.25) is 0 Å². The fourth-order valence-corrected chi connectivity index (χ4v) is 1.71. The minimum Gasteiger partial charge on any atom is -0.399 e. The van der Waals surface area contributed by atoms with Crippen molar-refractivity contribution in [2.45, 2.75) is 6.54 Å². The second-order valence-corrected chi connectivity index (χ2v) is 4.03. The Hall–Kier alpha value is -2.37. The molecule has 0 atom stereocenters. The molecule has 6 heteroatoms. The van der Waals surface area contributed by atoms with Gasteiger partial charge in [0, 0.05) is 25.0 Å². The normalized spacial score (nSPS) is 10.6. The van der Waals surface area contributed by atoms with Gasteiger partial charge in [-0.25, -0.2) is 9.18 Å². The van der Waals surface area contributed by atoms with E-state index >= 15 is 0 Å². The molecule has 94 valence electrons. The molecule has 0 amide bonds. The molecule has 0 radical (unpaired) electrons. The Balaban J connectivity index is 2.49. The molecule has 0 aliphatic carbocycles. The van der Waals surface area contributed by atoms with Crippen molar-refractivity contribution in [2.75, 3.05) is 5.73 Å². The van der Waals surface area contributed by atoms with Gasteiger partial charge in [0.05, 0.1) is 6.54 Å². The second-order valence-electron chi connectivity index (χ2n) is 4.03. The van der Waals surface area contributed by atoms with E-state index in [4.69, 9.17) is 5.73 Å². The number of benzene rings is 1. The first kappa shape index (κ1) is 12.1. The summed E-state index contributed by atoms with van der Waals surface area (Å²) in [5, 5.41) is 0. The lowest BCUT2D eigenvalue weighted by molar-refractivity contribution is 0.614. The topological polar surface area (TPSA) is 70.0 Å². The summed E-state index contributed by atoms with van der Waals surface area (Å²) in [6.45, 7) is -0.00565. The number of hydrogen-bond donors (Lipinski definition) is 1. The number of rotatable bonds is 2. The zero-order valence-corrected chi connectivity index (χ0v) is 9.76. The van der Waals surface area contributed by atoms with E-state index in [9.17, 15) is 14.0 Å². The molecule has 1 heterocycles. The average Bonchev–Trinajstić information content (AvgIpc) is 2.28. The molecule has 5 nitrogen and oxygen atoms in total. The Bertz CT molecular complexity index is 683. The summed E-state index contributed by atoms with van der Waals surface area (Å²) in [5.41, 5.74) is 5.35. The van der Waals surface area contributed by atoms with Crippen LogP contribution in [0.3, 0.4) is 0 Å². The van der Waals surface area contributed by atoms with E-state index in [1.165, 1.54) is 42.1 Å². The number of hydrogen-bond acceptors (Lipinski definition) is 3. The fraction of sp³-hybridized carbons (Fsp3) is 0.167. The van der Waals surface area contributed by atoms with Gasteiger partial charge in [0.15, 0.2) is 0 Å². The third-order valence-corrected chi connectivity index (χ3v) is 2.56. The number of nitrogens with zero attached hydrogens (tertiary/aromatic N) is 2. The average molecular weight is 249 g/mol. The highest BCUT2D eigenvalue weighted by molar-refractivity contribution is 5.41. The number of nitrogen functional groups attached to an aromatic ring is 1. The Morgan fingerprint density at radius 3 is 2.67 bits per heavy atom. The quantitative estimate of drug-likeness (QED) is 0.779. The van der Waals surface area contributed by atoms with Crippen molar-refractivity contribution < 1.29 is 4.39 Å². The highest BCUT2D eigenvalue weighted by Gasteiger charge is 2.05. The van der Waals surface area contributed by atoms with Gasteiger partial charge in [-0.1, -0.05) is 0 Å². The Morgan fingerprint density at radius 1 is 1.28 bits per heavy atom. The van der Waals surface area contributed by atoms with Crippen molar-refractivity contribution in [3.63, 3.8) is 0 Å². The molecule has 0 spiro atoms. The molecular weight excluding hydrogens is 237 g/mol. The van der Waals surface area contributed by atoms with Crippen LogP contribution in [0.25, 0.3) is 0 Å². The lowest BCUT2D eigenvalue weighted by Crippen LogP contribution is -2.38. The van der Waals surface area contributed by atoms with Crippen molar-refractivity contribution in [2.24, 2.45) is 7.05 Å². The summed E-state index contributed by atoms with van der Waals surface area (Å²) in [7, 11) is 1.54. The molecular formula is C12H12FN3O2. The van der Waals surface area contributed by atoms with Crippen molar-refractivity contribution in [3.8, 4) is 0 Å². The van der Waals surface area contributed by atoms with Crippen molar-refractivity contribution in [1.29, 1.82) is 0 Å². The number of anilines is 1. The number of aromatic nitrogens is 2. The number of aryl methyl sites for hydroxylation is 1. The molecule has 18 heavy (non-hydrogen) atoms. The Kier molecular flexibility index (Phi) is 3.01. The lowest BCUT2D eigenvalue weighted by Gasteiger charge is -2.07. The number of nitrogens with two attached hydrogens (primary N) is 1. The first-order valence-electron chi connectivity index (χ1n) is 5.29. The van der Waals surface area contributed by atoms with E-state index in [0.717, 1.165) is 4.57 Å². The van der Waals surface area contributed by atoms with Gasteiger partial charge >= 0.3 is 5.69 Å². The van der Waals surface area contributed by atoms with E-state index in [-0.39, 0.29) is 12.2 Å².